The summed E-state index contributed by atoms with van der Waals surface area (Å²) in [6.45, 7) is 6.75. The molecule has 1 N–H and O–H groups in total. The number of sulfonamides is 1. The number of amides is 2. The summed E-state index contributed by atoms with van der Waals surface area (Å²) in [6, 6.07) is 11.5. The van der Waals surface area contributed by atoms with Gasteiger partial charge in [0, 0.05) is 37.8 Å². The molecule has 0 unspecified atom stereocenters. The Morgan fingerprint density at radius 2 is 1.77 bits per heavy atom. The summed E-state index contributed by atoms with van der Waals surface area (Å²) >= 11 is 1.33. The van der Waals surface area contributed by atoms with Crippen molar-refractivity contribution in [1.29, 1.82) is 0 Å². The van der Waals surface area contributed by atoms with Gasteiger partial charge in [-0.25, -0.2) is 8.42 Å². The molecule has 35 heavy (non-hydrogen) atoms. The number of benzene rings is 2. The van der Waals surface area contributed by atoms with Crippen molar-refractivity contribution in [3.05, 3.63) is 65.5 Å². The SMILES string of the molecule is C=CCn1c(=NC(=O)c2ccc(S(=O)(=O)N3CCCCCC3)cc2)sc2cc(NC(C)=O)ccc21. The number of anilines is 1. The van der Waals surface area contributed by atoms with Gasteiger partial charge in [0.05, 0.1) is 15.1 Å². The Morgan fingerprint density at radius 1 is 1.09 bits per heavy atom. The zero-order valence-electron chi connectivity index (χ0n) is 19.6. The summed E-state index contributed by atoms with van der Waals surface area (Å²) in [5.74, 6) is -0.628. The molecule has 1 saturated heterocycles. The lowest BCUT2D eigenvalue weighted by molar-refractivity contribution is -0.114. The minimum atomic E-state index is -3.58. The van der Waals surface area contributed by atoms with E-state index in [1.54, 1.807) is 12.1 Å². The van der Waals surface area contributed by atoms with Gasteiger partial charge in [0.25, 0.3) is 5.91 Å². The second-order valence-corrected chi connectivity index (χ2v) is 11.4. The summed E-state index contributed by atoms with van der Waals surface area (Å²) in [5, 5.41) is 2.76. The average molecular weight is 513 g/mol. The summed E-state index contributed by atoms with van der Waals surface area (Å²) in [6.07, 6.45) is 5.53. The van der Waals surface area contributed by atoms with Crippen molar-refractivity contribution in [1.82, 2.24) is 8.87 Å². The van der Waals surface area contributed by atoms with Crippen LogP contribution in [0.25, 0.3) is 10.2 Å². The predicted molar refractivity (Wildman–Crippen MR) is 138 cm³/mol. The molecular weight excluding hydrogens is 484 g/mol. The van der Waals surface area contributed by atoms with Crippen molar-refractivity contribution in [2.24, 2.45) is 4.99 Å². The number of thiazole rings is 1. The van der Waals surface area contributed by atoms with Gasteiger partial charge in [-0.05, 0) is 55.3 Å². The Bertz CT molecular complexity index is 1430. The Kier molecular flexibility index (Phi) is 7.63. The summed E-state index contributed by atoms with van der Waals surface area (Å²) in [7, 11) is -3.58. The summed E-state index contributed by atoms with van der Waals surface area (Å²) in [4.78, 5) is 29.3. The summed E-state index contributed by atoms with van der Waals surface area (Å²) in [5.41, 5.74) is 1.84. The molecule has 1 aliphatic heterocycles. The van der Waals surface area contributed by atoms with E-state index in [1.807, 2.05) is 16.7 Å². The van der Waals surface area contributed by atoms with Crippen molar-refractivity contribution in [2.45, 2.75) is 44.0 Å². The fourth-order valence-corrected chi connectivity index (χ4v) is 6.69. The largest absolute Gasteiger partial charge is 0.326 e. The fourth-order valence-electron chi connectivity index (χ4n) is 4.10. The smallest absolute Gasteiger partial charge is 0.279 e. The number of aromatic nitrogens is 1. The van der Waals surface area contributed by atoms with Gasteiger partial charge in [-0.2, -0.15) is 9.30 Å². The normalized spacial score (nSPS) is 15.6. The maximum absolute atomic E-state index is 13.0. The van der Waals surface area contributed by atoms with E-state index in [-0.39, 0.29) is 10.8 Å². The molecule has 0 spiro atoms. The number of fused-ring (bicyclic) bond motifs is 1. The first-order valence-electron chi connectivity index (χ1n) is 11.5. The molecule has 3 aromatic rings. The van der Waals surface area contributed by atoms with Crippen LogP contribution in [-0.2, 0) is 21.4 Å². The molecule has 1 aliphatic rings. The van der Waals surface area contributed by atoms with E-state index in [9.17, 15) is 18.0 Å². The van der Waals surface area contributed by atoms with Gasteiger partial charge in [-0.1, -0.05) is 30.3 Å². The number of nitrogens with one attached hydrogen (secondary N) is 1. The lowest BCUT2D eigenvalue weighted by Crippen LogP contribution is -2.31. The molecule has 2 heterocycles. The number of carbonyl (C=O) groups excluding carboxylic acids is 2. The third-order valence-corrected chi connectivity index (χ3v) is 8.77. The first-order chi connectivity index (χ1) is 16.8. The third kappa shape index (κ3) is 5.61. The van der Waals surface area contributed by atoms with Crippen LogP contribution in [0.1, 0.15) is 43.0 Å². The van der Waals surface area contributed by atoms with Crippen LogP contribution in [0.15, 0.2) is 65.0 Å². The maximum atomic E-state index is 13.0. The minimum absolute atomic E-state index is 0.165. The second kappa shape index (κ2) is 10.7. The number of hydrogen-bond acceptors (Lipinski definition) is 5. The molecule has 184 valence electrons. The molecular formula is C25H28N4O4S2. The highest BCUT2D eigenvalue weighted by Gasteiger charge is 2.25. The summed E-state index contributed by atoms with van der Waals surface area (Å²) < 4.78 is 30.3. The van der Waals surface area contributed by atoms with E-state index < -0.39 is 15.9 Å². The van der Waals surface area contributed by atoms with E-state index >= 15 is 0 Å². The van der Waals surface area contributed by atoms with Crippen LogP contribution in [0, 0.1) is 0 Å². The molecule has 1 aromatic heterocycles. The fraction of sp³-hybridized carbons (Fsp3) is 0.320. The number of nitrogens with zero attached hydrogens (tertiary/aromatic N) is 3. The van der Waals surface area contributed by atoms with Crippen molar-refractivity contribution >= 4 is 49.1 Å². The molecule has 0 atom stereocenters. The monoisotopic (exact) mass is 512 g/mol. The van der Waals surface area contributed by atoms with Gasteiger partial charge < -0.3 is 9.88 Å². The van der Waals surface area contributed by atoms with E-state index in [1.165, 1.54) is 46.8 Å². The van der Waals surface area contributed by atoms with Gasteiger partial charge in [0.1, 0.15) is 0 Å². The molecule has 2 aromatic carbocycles. The molecule has 10 heteroatoms. The Labute approximate surface area is 208 Å². The Balaban J connectivity index is 1.64. The predicted octanol–water partition coefficient (Wildman–Crippen LogP) is 4.15. The topological polar surface area (TPSA) is 101 Å². The maximum Gasteiger partial charge on any atom is 0.279 e. The van der Waals surface area contributed by atoms with Crippen LogP contribution in [-0.4, -0.2) is 42.2 Å². The Morgan fingerprint density at radius 3 is 2.40 bits per heavy atom. The molecule has 0 radical (unpaired) electrons. The first-order valence-corrected chi connectivity index (χ1v) is 13.8. The van der Waals surface area contributed by atoms with Crippen molar-refractivity contribution in [2.75, 3.05) is 18.4 Å². The number of hydrogen-bond donors (Lipinski definition) is 1. The highest BCUT2D eigenvalue weighted by Crippen LogP contribution is 2.23. The van der Waals surface area contributed by atoms with Crippen LogP contribution in [0.4, 0.5) is 5.69 Å². The minimum Gasteiger partial charge on any atom is -0.326 e. The van der Waals surface area contributed by atoms with E-state index in [4.69, 9.17) is 0 Å². The lowest BCUT2D eigenvalue weighted by atomic mass is 10.2. The molecule has 2 amide bonds. The molecule has 8 nitrogen and oxygen atoms in total. The third-order valence-electron chi connectivity index (χ3n) is 5.82. The molecule has 0 bridgehead atoms. The zero-order valence-corrected chi connectivity index (χ0v) is 21.2. The number of rotatable bonds is 6. The number of carbonyl (C=O) groups is 2. The molecule has 1 fully saturated rings. The molecule has 0 aliphatic carbocycles. The van der Waals surface area contributed by atoms with Crippen LogP contribution in [0.2, 0.25) is 0 Å². The highest BCUT2D eigenvalue weighted by molar-refractivity contribution is 7.89. The van der Waals surface area contributed by atoms with Crippen LogP contribution < -0.4 is 10.1 Å². The van der Waals surface area contributed by atoms with Crippen LogP contribution >= 0.6 is 11.3 Å². The second-order valence-electron chi connectivity index (χ2n) is 8.41. The standard InChI is InChI=1S/C25H28N4O4S2/c1-3-14-29-22-13-10-20(26-18(2)30)17-23(22)34-25(29)27-24(31)19-8-11-21(12-9-19)35(32,33)28-15-6-4-5-7-16-28/h3,8-13,17H,1,4-7,14-16H2,2H3,(H,26,30). The van der Waals surface area contributed by atoms with Gasteiger partial charge in [-0.3, -0.25) is 9.59 Å². The van der Waals surface area contributed by atoms with E-state index in [0.717, 1.165) is 35.9 Å². The molecule has 0 saturated carbocycles. The van der Waals surface area contributed by atoms with Crippen molar-refractivity contribution in [3.63, 3.8) is 0 Å². The van der Waals surface area contributed by atoms with Gasteiger partial charge in [-0.15, -0.1) is 6.58 Å². The lowest BCUT2D eigenvalue weighted by Gasteiger charge is -2.19. The van der Waals surface area contributed by atoms with Crippen molar-refractivity contribution in [3.8, 4) is 0 Å². The van der Waals surface area contributed by atoms with E-state index in [2.05, 4.69) is 16.9 Å². The quantitative estimate of drug-likeness (QED) is 0.501. The number of allylic oxidation sites excluding steroid dienone is 1. The average Bonchev–Trinajstić information content (AvgIpc) is 2.99. The first kappa shape index (κ1) is 25.0. The van der Waals surface area contributed by atoms with Gasteiger partial charge in [0.2, 0.25) is 15.9 Å². The van der Waals surface area contributed by atoms with Crippen LogP contribution in [0.5, 0.6) is 0 Å². The highest BCUT2D eigenvalue weighted by atomic mass is 32.2. The van der Waals surface area contributed by atoms with Gasteiger partial charge in [0.15, 0.2) is 4.80 Å². The van der Waals surface area contributed by atoms with Crippen molar-refractivity contribution < 1.29 is 18.0 Å². The van der Waals surface area contributed by atoms with Gasteiger partial charge >= 0.3 is 0 Å². The van der Waals surface area contributed by atoms with E-state index in [0.29, 0.717) is 35.7 Å². The van der Waals surface area contributed by atoms with Crippen LogP contribution in [0.3, 0.4) is 0 Å². The molecule has 4 rings (SSSR count). The Hall–Kier alpha value is -3.08. The zero-order chi connectivity index (χ0) is 25.0.